The molecule has 7 heteroatoms. The predicted molar refractivity (Wildman–Crippen MR) is 70.0 cm³/mol. The summed E-state index contributed by atoms with van der Waals surface area (Å²) in [6.45, 7) is 6.04. The van der Waals surface area contributed by atoms with E-state index in [1.807, 2.05) is 20.8 Å². The van der Waals surface area contributed by atoms with Crippen LogP contribution in [0.1, 0.15) is 27.2 Å². The first-order valence-corrected chi connectivity index (χ1v) is 7.26. The molecule has 0 aliphatic rings. The molecule has 3 N–H and O–H groups in total. The standard InChI is InChI=1S/C12H18F2N2O2S/c1-12(2,3)6-7-16-19(17,18)9-5-4-8(13)11(15)10(9)14/h4-5,16H,6-7,15H2,1-3H3. The molecule has 19 heavy (non-hydrogen) atoms. The summed E-state index contributed by atoms with van der Waals surface area (Å²) in [5.74, 6) is -2.24. The van der Waals surface area contributed by atoms with Crippen LogP contribution >= 0.6 is 0 Å². The molecule has 1 aromatic rings. The van der Waals surface area contributed by atoms with Gasteiger partial charge in [-0.2, -0.15) is 0 Å². The lowest BCUT2D eigenvalue weighted by Gasteiger charge is -2.18. The maximum Gasteiger partial charge on any atom is 0.243 e. The highest BCUT2D eigenvalue weighted by Gasteiger charge is 2.22. The normalized spacial score (nSPS) is 12.7. The van der Waals surface area contributed by atoms with Gasteiger partial charge in [-0.15, -0.1) is 0 Å². The van der Waals surface area contributed by atoms with Gasteiger partial charge in [-0.05, 0) is 24.0 Å². The molecule has 4 nitrogen and oxygen atoms in total. The van der Waals surface area contributed by atoms with E-state index in [0.29, 0.717) is 6.42 Å². The molecular weight excluding hydrogens is 274 g/mol. The number of benzene rings is 1. The van der Waals surface area contributed by atoms with Gasteiger partial charge in [-0.1, -0.05) is 20.8 Å². The van der Waals surface area contributed by atoms with E-state index in [9.17, 15) is 17.2 Å². The Balaban J connectivity index is 2.93. The Bertz CT molecular complexity index is 566. The fraction of sp³-hybridized carbons (Fsp3) is 0.500. The molecule has 0 aliphatic carbocycles. The Morgan fingerprint density at radius 1 is 1.26 bits per heavy atom. The zero-order valence-electron chi connectivity index (χ0n) is 11.1. The molecule has 108 valence electrons. The molecule has 0 heterocycles. The van der Waals surface area contributed by atoms with Gasteiger partial charge in [0.05, 0.1) is 0 Å². The monoisotopic (exact) mass is 292 g/mol. The second-order valence-corrected chi connectivity index (χ2v) is 7.22. The molecule has 0 fully saturated rings. The highest BCUT2D eigenvalue weighted by molar-refractivity contribution is 7.89. The summed E-state index contributed by atoms with van der Waals surface area (Å²) < 4.78 is 52.6. The molecular formula is C12H18F2N2O2S. The molecule has 0 radical (unpaired) electrons. The fourth-order valence-electron chi connectivity index (χ4n) is 1.40. The summed E-state index contributed by atoms with van der Waals surface area (Å²) in [7, 11) is -4.02. The first-order valence-electron chi connectivity index (χ1n) is 5.78. The molecule has 0 atom stereocenters. The molecule has 1 aromatic carbocycles. The maximum absolute atomic E-state index is 13.6. The van der Waals surface area contributed by atoms with Crippen LogP contribution in [0.3, 0.4) is 0 Å². The Kier molecular flexibility index (Phi) is 4.52. The summed E-state index contributed by atoms with van der Waals surface area (Å²) in [6.07, 6.45) is 0.588. The lowest BCUT2D eigenvalue weighted by molar-refractivity contribution is 0.378. The molecule has 1 rings (SSSR count). The topological polar surface area (TPSA) is 72.2 Å². The lowest BCUT2D eigenvalue weighted by atomic mass is 9.93. The number of nitrogens with one attached hydrogen (secondary N) is 1. The number of sulfonamides is 1. The lowest BCUT2D eigenvalue weighted by Crippen LogP contribution is -2.28. The summed E-state index contributed by atoms with van der Waals surface area (Å²) in [6, 6.07) is 1.69. The summed E-state index contributed by atoms with van der Waals surface area (Å²) in [4.78, 5) is -0.639. The van der Waals surface area contributed by atoms with Crippen LogP contribution in [0.5, 0.6) is 0 Å². The van der Waals surface area contributed by atoms with E-state index in [0.717, 1.165) is 12.1 Å². The molecule has 0 unspecified atom stereocenters. The summed E-state index contributed by atoms with van der Waals surface area (Å²) in [5, 5.41) is 0. The summed E-state index contributed by atoms with van der Waals surface area (Å²) >= 11 is 0. The Morgan fingerprint density at radius 3 is 2.37 bits per heavy atom. The zero-order valence-corrected chi connectivity index (χ0v) is 11.9. The Morgan fingerprint density at radius 2 is 1.84 bits per heavy atom. The van der Waals surface area contributed by atoms with Crippen molar-refractivity contribution < 1.29 is 17.2 Å². The highest BCUT2D eigenvalue weighted by atomic mass is 32.2. The molecule has 0 aromatic heterocycles. The van der Waals surface area contributed by atoms with Crippen LogP contribution < -0.4 is 10.5 Å². The quantitative estimate of drug-likeness (QED) is 0.836. The van der Waals surface area contributed by atoms with Crippen molar-refractivity contribution in [2.24, 2.45) is 5.41 Å². The second kappa shape index (κ2) is 5.42. The molecule has 0 saturated heterocycles. The average Bonchev–Trinajstić information content (AvgIpc) is 2.23. The number of halogens is 2. The first-order chi connectivity index (χ1) is 8.54. The third-order valence-electron chi connectivity index (χ3n) is 2.55. The van der Waals surface area contributed by atoms with E-state index in [1.165, 1.54) is 0 Å². The number of nitrogens with two attached hydrogens (primary N) is 1. The van der Waals surface area contributed by atoms with E-state index < -0.39 is 32.2 Å². The van der Waals surface area contributed by atoms with Crippen molar-refractivity contribution in [1.82, 2.24) is 4.72 Å². The highest BCUT2D eigenvalue weighted by Crippen LogP contribution is 2.23. The number of hydrogen-bond acceptors (Lipinski definition) is 3. The summed E-state index contributed by atoms with van der Waals surface area (Å²) in [5.41, 5.74) is 4.29. The first kappa shape index (κ1) is 15.8. The van der Waals surface area contributed by atoms with Crippen molar-refractivity contribution in [2.75, 3.05) is 12.3 Å². The van der Waals surface area contributed by atoms with Crippen molar-refractivity contribution in [1.29, 1.82) is 0 Å². The van der Waals surface area contributed by atoms with Gasteiger partial charge in [0.15, 0.2) is 5.82 Å². The second-order valence-electron chi connectivity index (χ2n) is 5.48. The van der Waals surface area contributed by atoms with Gasteiger partial charge < -0.3 is 5.73 Å². The van der Waals surface area contributed by atoms with Gasteiger partial charge in [-0.25, -0.2) is 21.9 Å². The molecule has 0 bridgehead atoms. The number of nitrogen functional groups attached to an aromatic ring is 1. The van der Waals surface area contributed by atoms with Gasteiger partial charge in [-0.3, -0.25) is 0 Å². The smallest absolute Gasteiger partial charge is 0.243 e. The van der Waals surface area contributed by atoms with E-state index in [4.69, 9.17) is 5.73 Å². The molecule has 0 spiro atoms. The number of anilines is 1. The molecule has 0 amide bonds. The third kappa shape index (κ3) is 4.14. The van der Waals surface area contributed by atoms with Crippen LogP contribution in [0.25, 0.3) is 0 Å². The molecule has 0 saturated carbocycles. The average molecular weight is 292 g/mol. The predicted octanol–water partition coefficient (Wildman–Crippen LogP) is 2.26. The van der Waals surface area contributed by atoms with E-state index in [2.05, 4.69) is 4.72 Å². The third-order valence-corrected chi connectivity index (χ3v) is 4.03. The van der Waals surface area contributed by atoms with Crippen LogP contribution in [0.15, 0.2) is 17.0 Å². The van der Waals surface area contributed by atoms with Gasteiger partial charge in [0, 0.05) is 6.54 Å². The minimum Gasteiger partial charge on any atom is -0.394 e. The van der Waals surface area contributed by atoms with Crippen LogP contribution in [0, 0.1) is 17.0 Å². The van der Waals surface area contributed by atoms with Crippen LogP contribution in [-0.4, -0.2) is 15.0 Å². The zero-order chi connectivity index (χ0) is 14.8. The Labute approximate surface area is 112 Å². The largest absolute Gasteiger partial charge is 0.394 e. The van der Waals surface area contributed by atoms with Gasteiger partial charge >= 0.3 is 0 Å². The number of rotatable bonds is 4. The van der Waals surface area contributed by atoms with Crippen molar-refractivity contribution in [2.45, 2.75) is 32.1 Å². The van der Waals surface area contributed by atoms with Crippen LogP contribution in [-0.2, 0) is 10.0 Å². The van der Waals surface area contributed by atoms with E-state index >= 15 is 0 Å². The van der Waals surface area contributed by atoms with Crippen molar-refractivity contribution in [3.8, 4) is 0 Å². The SMILES string of the molecule is CC(C)(C)CCNS(=O)(=O)c1ccc(F)c(N)c1F. The molecule has 0 aliphatic heterocycles. The van der Waals surface area contributed by atoms with Crippen molar-refractivity contribution >= 4 is 15.7 Å². The minimum absolute atomic E-state index is 0.0527. The van der Waals surface area contributed by atoms with E-state index in [-0.39, 0.29) is 12.0 Å². The van der Waals surface area contributed by atoms with Gasteiger partial charge in [0.2, 0.25) is 10.0 Å². The number of hydrogen-bond donors (Lipinski definition) is 2. The van der Waals surface area contributed by atoms with Crippen LogP contribution in [0.4, 0.5) is 14.5 Å². The van der Waals surface area contributed by atoms with Crippen LogP contribution in [0.2, 0.25) is 0 Å². The minimum atomic E-state index is -4.02. The van der Waals surface area contributed by atoms with Gasteiger partial charge in [0.1, 0.15) is 16.4 Å². The van der Waals surface area contributed by atoms with Gasteiger partial charge in [0.25, 0.3) is 0 Å². The van der Waals surface area contributed by atoms with E-state index in [1.54, 1.807) is 0 Å². The Hall–Kier alpha value is -1.21. The van der Waals surface area contributed by atoms with Crippen molar-refractivity contribution in [3.63, 3.8) is 0 Å². The van der Waals surface area contributed by atoms with Crippen molar-refractivity contribution in [3.05, 3.63) is 23.8 Å². The fourth-order valence-corrected chi connectivity index (χ4v) is 2.51. The maximum atomic E-state index is 13.6.